The molecular weight excluding hydrogens is 106 g/mol. The Bertz CT molecular complexity index is 98.6. The molecule has 0 aliphatic rings. The molecule has 8 heavy (non-hydrogen) atoms. The number of nitrogens with two attached hydrogens (primary N) is 1. The van der Waals surface area contributed by atoms with E-state index in [4.69, 9.17) is 5.73 Å². The Labute approximate surface area is 48.1 Å². The number of ether oxygens (including phenoxy) is 1. The van der Waals surface area contributed by atoms with Gasteiger partial charge in [-0.05, 0) is 0 Å². The smallest absolute Gasteiger partial charge is 0.241 e. The third-order valence-electron chi connectivity index (χ3n) is 0.545. The van der Waals surface area contributed by atoms with E-state index in [1.165, 1.54) is 6.08 Å². The highest BCUT2D eigenvalue weighted by Gasteiger charge is 1.78. The summed E-state index contributed by atoms with van der Waals surface area (Å²) >= 11 is 0. The first kappa shape index (κ1) is 7.17. The number of primary amides is 1. The van der Waals surface area contributed by atoms with Crippen LogP contribution in [-0.2, 0) is 9.53 Å². The molecule has 0 bridgehead atoms. The predicted octanol–water partition coefficient (Wildman–Crippen LogP) is -0.326. The summed E-state index contributed by atoms with van der Waals surface area (Å²) in [6.45, 7) is 0.433. The first-order chi connectivity index (χ1) is 3.77. The molecule has 1 amide bonds. The number of methoxy groups -OCH3 is 1. The van der Waals surface area contributed by atoms with E-state index in [1.54, 1.807) is 13.2 Å². The van der Waals surface area contributed by atoms with E-state index in [-0.39, 0.29) is 0 Å². The van der Waals surface area contributed by atoms with Crippen molar-refractivity contribution in [1.82, 2.24) is 0 Å². The summed E-state index contributed by atoms with van der Waals surface area (Å²) in [6.07, 6.45) is 2.83. The van der Waals surface area contributed by atoms with Crippen LogP contribution in [0.15, 0.2) is 12.2 Å². The number of amides is 1. The van der Waals surface area contributed by atoms with Crippen molar-refractivity contribution in [3.8, 4) is 0 Å². The molecule has 0 atom stereocenters. The SMILES string of the molecule is COC/C=C/C(N)=O. The average molecular weight is 115 g/mol. The second-order valence-electron chi connectivity index (χ2n) is 1.26. The van der Waals surface area contributed by atoms with Crippen LogP contribution >= 0.6 is 0 Å². The lowest BCUT2D eigenvalue weighted by molar-refractivity contribution is -0.113. The molecule has 0 aliphatic heterocycles. The Morgan fingerprint density at radius 1 is 1.88 bits per heavy atom. The van der Waals surface area contributed by atoms with Gasteiger partial charge in [-0.2, -0.15) is 0 Å². The van der Waals surface area contributed by atoms with E-state index in [9.17, 15) is 4.79 Å². The van der Waals surface area contributed by atoms with Crippen molar-refractivity contribution in [2.45, 2.75) is 0 Å². The molecule has 0 heterocycles. The van der Waals surface area contributed by atoms with E-state index in [2.05, 4.69) is 4.74 Å². The van der Waals surface area contributed by atoms with Crippen LogP contribution in [0, 0.1) is 0 Å². The van der Waals surface area contributed by atoms with E-state index in [0.29, 0.717) is 6.61 Å². The number of carbonyl (C=O) groups excluding carboxylic acids is 1. The van der Waals surface area contributed by atoms with Gasteiger partial charge in [0.1, 0.15) is 0 Å². The van der Waals surface area contributed by atoms with Crippen LogP contribution in [0.1, 0.15) is 0 Å². The minimum atomic E-state index is -0.443. The fourth-order valence-electron chi connectivity index (χ4n) is 0.260. The Balaban J connectivity index is 3.20. The summed E-state index contributed by atoms with van der Waals surface area (Å²) in [5.41, 5.74) is 4.75. The monoisotopic (exact) mass is 115 g/mol. The molecule has 0 aromatic rings. The van der Waals surface area contributed by atoms with Gasteiger partial charge in [0.25, 0.3) is 0 Å². The van der Waals surface area contributed by atoms with E-state index in [0.717, 1.165) is 0 Å². The standard InChI is InChI=1S/C5H9NO2/c1-8-4-2-3-5(6)7/h2-3H,4H2,1H3,(H2,6,7)/b3-2+. The quantitative estimate of drug-likeness (QED) is 0.512. The Morgan fingerprint density at radius 3 is 2.88 bits per heavy atom. The van der Waals surface area contributed by atoms with Crippen molar-refractivity contribution >= 4 is 5.91 Å². The molecule has 0 aromatic carbocycles. The molecule has 0 saturated heterocycles. The maximum absolute atomic E-state index is 9.95. The minimum absolute atomic E-state index is 0.433. The molecule has 0 unspecified atom stereocenters. The van der Waals surface area contributed by atoms with Crippen molar-refractivity contribution in [3.63, 3.8) is 0 Å². The summed E-state index contributed by atoms with van der Waals surface area (Å²) in [5.74, 6) is -0.443. The molecule has 46 valence electrons. The predicted molar refractivity (Wildman–Crippen MR) is 30.2 cm³/mol. The van der Waals surface area contributed by atoms with Gasteiger partial charge in [-0.3, -0.25) is 4.79 Å². The highest BCUT2D eigenvalue weighted by Crippen LogP contribution is 1.70. The van der Waals surface area contributed by atoms with Crippen LogP contribution in [0.25, 0.3) is 0 Å². The van der Waals surface area contributed by atoms with Gasteiger partial charge in [0, 0.05) is 13.2 Å². The van der Waals surface area contributed by atoms with Gasteiger partial charge in [0.15, 0.2) is 0 Å². The second kappa shape index (κ2) is 4.33. The first-order valence-corrected chi connectivity index (χ1v) is 2.22. The topological polar surface area (TPSA) is 52.3 Å². The molecule has 3 heteroatoms. The van der Waals surface area contributed by atoms with Gasteiger partial charge in [-0.1, -0.05) is 6.08 Å². The molecule has 0 saturated carbocycles. The molecule has 0 rings (SSSR count). The molecule has 3 nitrogen and oxygen atoms in total. The third-order valence-corrected chi connectivity index (χ3v) is 0.545. The van der Waals surface area contributed by atoms with Crippen LogP contribution in [0.2, 0.25) is 0 Å². The molecule has 0 radical (unpaired) electrons. The lowest BCUT2D eigenvalue weighted by atomic mass is 10.5. The van der Waals surface area contributed by atoms with E-state index in [1.807, 2.05) is 0 Å². The van der Waals surface area contributed by atoms with Crippen molar-refractivity contribution in [2.75, 3.05) is 13.7 Å². The van der Waals surface area contributed by atoms with Gasteiger partial charge in [0.2, 0.25) is 5.91 Å². The number of hydrogen-bond donors (Lipinski definition) is 1. The molecule has 0 aromatic heterocycles. The van der Waals surface area contributed by atoms with Crippen LogP contribution in [0.3, 0.4) is 0 Å². The highest BCUT2D eigenvalue weighted by molar-refractivity contribution is 5.85. The van der Waals surface area contributed by atoms with Gasteiger partial charge in [0.05, 0.1) is 6.61 Å². The molecular formula is C5H9NO2. The van der Waals surface area contributed by atoms with Crippen LogP contribution in [0.5, 0.6) is 0 Å². The summed E-state index contributed by atoms with van der Waals surface area (Å²) in [7, 11) is 1.55. The highest BCUT2D eigenvalue weighted by atomic mass is 16.5. The van der Waals surface area contributed by atoms with E-state index >= 15 is 0 Å². The maximum Gasteiger partial charge on any atom is 0.241 e. The number of carbonyl (C=O) groups is 1. The van der Waals surface area contributed by atoms with Crippen molar-refractivity contribution in [3.05, 3.63) is 12.2 Å². The van der Waals surface area contributed by atoms with Gasteiger partial charge in [-0.25, -0.2) is 0 Å². The zero-order valence-electron chi connectivity index (χ0n) is 4.76. The Morgan fingerprint density at radius 2 is 2.50 bits per heavy atom. The minimum Gasteiger partial charge on any atom is -0.381 e. The third kappa shape index (κ3) is 5.17. The number of rotatable bonds is 3. The molecule has 0 fully saturated rings. The summed E-state index contributed by atoms with van der Waals surface area (Å²) in [4.78, 5) is 9.95. The zero-order valence-corrected chi connectivity index (χ0v) is 4.76. The Kier molecular flexibility index (Phi) is 3.88. The molecule has 0 spiro atoms. The van der Waals surface area contributed by atoms with Crippen LogP contribution in [-0.4, -0.2) is 19.6 Å². The summed E-state index contributed by atoms with van der Waals surface area (Å²) in [6, 6.07) is 0. The molecule has 0 aliphatic carbocycles. The largest absolute Gasteiger partial charge is 0.381 e. The maximum atomic E-state index is 9.95. The lowest BCUT2D eigenvalue weighted by Crippen LogP contribution is -2.05. The fourth-order valence-corrected chi connectivity index (χ4v) is 0.260. The van der Waals surface area contributed by atoms with Crippen LogP contribution in [0.4, 0.5) is 0 Å². The van der Waals surface area contributed by atoms with Crippen LogP contribution < -0.4 is 5.73 Å². The van der Waals surface area contributed by atoms with Gasteiger partial charge < -0.3 is 10.5 Å². The van der Waals surface area contributed by atoms with Crippen molar-refractivity contribution < 1.29 is 9.53 Å². The number of hydrogen-bond acceptors (Lipinski definition) is 2. The Hall–Kier alpha value is -0.830. The summed E-state index contributed by atoms with van der Waals surface area (Å²) in [5, 5.41) is 0. The summed E-state index contributed by atoms with van der Waals surface area (Å²) < 4.78 is 4.60. The van der Waals surface area contributed by atoms with Gasteiger partial charge >= 0.3 is 0 Å². The fraction of sp³-hybridized carbons (Fsp3) is 0.400. The second-order valence-corrected chi connectivity index (χ2v) is 1.26. The normalized spacial score (nSPS) is 10.1. The molecule has 2 N–H and O–H groups in total. The van der Waals surface area contributed by atoms with E-state index < -0.39 is 5.91 Å². The lowest BCUT2D eigenvalue weighted by Gasteiger charge is -1.83. The first-order valence-electron chi connectivity index (χ1n) is 2.22. The average Bonchev–Trinajstić information content (AvgIpc) is 1.66. The van der Waals surface area contributed by atoms with Gasteiger partial charge in [-0.15, -0.1) is 0 Å². The van der Waals surface area contributed by atoms with Crippen molar-refractivity contribution in [2.24, 2.45) is 5.73 Å². The zero-order chi connectivity index (χ0) is 6.41. The van der Waals surface area contributed by atoms with Crippen molar-refractivity contribution in [1.29, 1.82) is 0 Å².